The van der Waals surface area contributed by atoms with Crippen molar-refractivity contribution < 1.29 is 9.53 Å². The van der Waals surface area contributed by atoms with Gasteiger partial charge in [-0.1, -0.05) is 36.4 Å². The molecular formula is C19H15N3O2. The van der Waals surface area contributed by atoms with Crippen molar-refractivity contribution in [1.29, 1.82) is 10.7 Å². The quantitative estimate of drug-likeness (QED) is 0.754. The van der Waals surface area contributed by atoms with Crippen molar-refractivity contribution in [1.82, 2.24) is 4.40 Å². The second-order valence-corrected chi connectivity index (χ2v) is 5.13. The molecule has 3 rings (SSSR count). The van der Waals surface area contributed by atoms with Crippen molar-refractivity contribution in [3.63, 3.8) is 0 Å². The first kappa shape index (κ1) is 15.5. The monoisotopic (exact) mass is 317 g/mol. The zero-order valence-corrected chi connectivity index (χ0v) is 13.1. The SMILES string of the molecule is CCOC(=O)c1c(-c2ccccc2)c(C#N)c(=N)n2ccccc12. The van der Waals surface area contributed by atoms with Crippen molar-refractivity contribution in [3.8, 4) is 17.2 Å². The van der Waals surface area contributed by atoms with Gasteiger partial charge in [0.05, 0.1) is 17.7 Å². The number of fused-ring (bicyclic) bond motifs is 1. The van der Waals surface area contributed by atoms with Crippen LogP contribution in [0.25, 0.3) is 16.6 Å². The Morgan fingerprint density at radius 2 is 1.92 bits per heavy atom. The van der Waals surface area contributed by atoms with E-state index in [-0.39, 0.29) is 17.7 Å². The Bertz CT molecular complexity index is 1010. The summed E-state index contributed by atoms with van der Waals surface area (Å²) in [5, 5.41) is 18.0. The molecule has 0 amide bonds. The van der Waals surface area contributed by atoms with Crippen LogP contribution in [0.1, 0.15) is 22.8 Å². The highest BCUT2D eigenvalue weighted by atomic mass is 16.5. The lowest BCUT2D eigenvalue weighted by atomic mass is 9.95. The highest BCUT2D eigenvalue weighted by molar-refractivity contribution is 6.05. The van der Waals surface area contributed by atoms with E-state index in [0.29, 0.717) is 22.2 Å². The molecule has 0 aliphatic carbocycles. The number of rotatable bonds is 3. The van der Waals surface area contributed by atoms with Crippen LogP contribution in [-0.4, -0.2) is 17.0 Å². The van der Waals surface area contributed by atoms with Crippen LogP contribution in [0.15, 0.2) is 54.7 Å². The summed E-state index contributed by atoms with van der Waals surface area (Å²) >= 11 is 0. The number of carbonyl (C=O) groups excluding carboxylic acids is 1. The summed E-state index contributed by atoms with van der Waals surface area (Å²) in [4.78, 5) is 12.6. The number of esters is 1. The fourth-order valence-electron chi connectivity index (χ4n) is 2.75. The molecule has 0 fully saturated rings. The van der Waals surface area contributed by atoms with Crippen molar-refractivity contribution in [2.45, 2.75) is 6.92 Å². The molecule has 0 spiro atoms. The van der Waals surface area contributed by atoms with Gasteiger partial charge in [-0.2, -0.15) is 5.26 Å². The lowest BCUT2D eigenvalue weighted by molar-refractivity contribution is 0.0529. The molecule has 0 saturated carbocycles. The van der Waals surface area contributed by atoms with Gasteiger partial charge in [-0.25, -0.2) is 4.79 Å². The normalized spacial score (nSPS) is 10.3. The average Bonchev–Trinajstić information content (AvgIpc) is 2.62. The number of aromatic nitrogens is 1. The van der Waals surface area contributed by atoms with Gasteiger partial charge in [-0.3, -0.25) is 5.41 Å². The largest absolute Gasteiger partial charge is 0.462 e. The van der Waals surface area contributed by atoms with Crippen molar-refractivity contribution in [3.05, 3.63) is 71.3 Å². The number of ether oxygens (including phenoxy) is 1. The van der Waals surface area contributed by atoms with Crippen LogP contribution >= 0.6 is 0 Å². The smallest absolute Gasteiger partial charge is 0.340 e. The highest BCUT2D eigenvalue weighted by Crippen LogP contribution is 2.29. The van der Waals surface area contributed by atoms with Gasteiger partial charge in [0, 0.05) is 11.8 Å². The van der Waals surface area contributed by atoms with Gasteiger partial charge in [-0.15, -0.1) is 0 Å². The van der Waals surface area contributed by atoms with Crippen LogP contribution in [-0.2, 0) is 4.74 Å². The third kappa shape index (κ3) is 2.44. The molecule has 0 saturated heterocycles. The Balaban J connectivity index is 2.53. The summed E-state index contributed by atoms with van der Waals surface area (Å²) in [7, 11) is 0. The lowest BCUT2D eigenvalue weighted by Crippen LogP contribution is -2.22. The molecule has 5 nitrogen and oxygen atoms in total. The molecule has 1 aromatic carbocycles. The molecule has 0 unspecified atom stereocenters. The molecule has 0 aliphatic rings. The van der Waals surface area contributed by atoms with Crippen LogP contribution in [0, 0.1) is 16.7 Å². The van der Waals surface area contributed by atoms with Crippen LogP contribution in [0.4, 0.5) is 0 Å². The summed E-state index contributed by atoms with van der Waals surface area (Å²) < 4.78 is 6.74. The lowest BCUT2D eigenvalue weighted by Gasteiger charge is -2.15. The van der Waals surface area contributed by atoms with Gasteiger partial charge in [0.15, 0.2) is 0 Å². The first-order valence-electron chi connectivity index (χ1n) is 7.53. The topological polar surface area (TPSA) is 78.3 Å². The van der Waals surface area contributed by atoms with E-state index in [0.717, 1.165) is 0 Å². The van der Waals surface area contributed by atoms with Gasteiger partial charge in [0.2, 0.25) is 0 Å². The molecule has 0 atom stereocenters. The van der Waals surface area contributed by atoms with Crippen molar-refractivity contribution in [2.75, 3.05) is 6.61 Å². The molecule has 2 heterocycles. The summed E-state index contributed by atoms with van der Waals surface area (Å²) in [5.41, 5.74) is 2.17. The predicted molar refractivity (Wildman–Crippen MR) is 89.4 cm³/mol. The number of benzene rings is 1. The molecule has 0 bridgehead atoms. The zero-order valence-electron chi connectivity index (χ0n) is 13.1. The van der Waals surface area contributed by atoms with Gasteiger partial charge >= 0.3 is 5.97 Å². The van der Waals surface area contributed by atoms with E-state index >= 15 is 0 Å². The number of nitrogens with one attached hydrogen (secondary N) is 1. The Morgan fingerprint density at radius 1 is 1.21 bits per heavy atom. The fourth-order valence-corrected chi connectivity index (χ4v) is 2.75. The van der Waals surface area contributed by atoms with E-state index < -0.39 is 5.97 Å². The first-order valence-corrected chi connectivity index (χ1v) is 7.53. The molecule has 118 valence electrons. The third-order valence-corrected chi connectivity index (χ3v) is 3.75. The van der Waals surface area contributed by atoms with Crippen molar-refractivity contribution in [2.24, 2.45) is 0 Å². The Labute approximate surface area is 138 Å². The maximum atomic E-state index is 12.6. The van der Waals surface area contributed by atoms with Crippen LogP contribution < -0.4 is 5.49 Å². The van der Waals surface area contributed by atoms with Crippen molar-refractivity contribution >= 4 is 11.5 Å². The van der Waals surface area contributed by atoms with E-state index in [1.165, 1.54) is 4.40 Å². The minimum absolute atomic E-state index is 0.0417. The van der Waals surface area contributed by atoms with E-state index in [9.17, 15) is 10.1 Å². The first-order chi connectivity index (χ1) is 11.7. The Morgan fingerprint density at radius 3 is 2.58 bits per heavy atom. The summed E-state index contributed by atoms with van der Waals surface area (Å²) in [6.07, 6.45) is 1.66. The molecule has 24 heavy (non-hydrogen) atoms. The molecule has 2 aromatic heterocycles. The van der Waals surface area contributed by atoms with Gasteiger partial charge in [0.1, 0.15) is 17.1 Å². The van der Waals surface area contributed by atoms with E-state index in [1.54, 1.807) is 31.3 Å². The highest BCUT2D eigenvalue weighted by Gasteiger charge is 2.23. The third-order valence-electron chi connectivity index (χ3n) is 3.75. The molecule has 1 N–H and O–H groups in total. The second kappa shape index (κ2) is 6.39. The number of hydrogen-bond donors (Lipinski definition) is 1. The summed E-state index contributed by atoms with van der Waals surface area (Å²) in [6, 6.07) is 16.5. The number of carbonyl (C=O) groups is 1. The van der Waals surface area contributed by atoms with Crippen LogP contribution in [0.2, 0.25) is 0 Å². The summed E-state index contributed by atoms with van der Waals surface area (Å²) in [5.74, 6) is -0.503. The Hall–Kier alpha value is -3.39. The van der Waals surface area contributed by atoms with Gasteiger partial charge in [0.25, 0.3) is 0 Å². The maximum Gasteiger partial charge on any atom is 0.340 e. The minimum atomic E-state index is -0.503. The van der Waals surface area contributed by atoms with Gasteiger partial charge in [-0.05, 0) is 24.6 Å². The fraction of sp³-hybridized carbons (Fsp3) is 0.105. The van der Waals surface area contributed by atoms with Gasteiger partial charge < -0.3 is 9.14 Å². The molecule has 0 aliphatic heterocycles. The van der Waals surface area contributed by atoms with E-state index in [1.807, 2.05) is 30.3 Å². The molecule has 0 radical (unpaired) electrons. The number of hydrogen-bond acceptors (Lipinski definition) is 4. The number of nitriles is 1. The van der Waals surface area contributed by atoms with E-state index in [2.05, 4.69) is 6.07 Å². The average molecular weight is 317 g/mol. The molecule has 3 aromatic rings. The summed E-state index contributed by atoms with van der Waals surface area (Å²) in [6.45, 7) is 1.97. The molecular weight excluding hydrogens is 302 g/mol. The zero-order chi connectivity index (χ0) is 17.1. The van der Waals surface area contributed by atoms with Crippen LogP contribution in [0.5, 0.6) is 0 Å². The molecule has 5 heteroatoms. The number of nitrogens with zero attached hydrogens (tertiary/aromatic N) is 2. The standard InChI is InChI=1S/C19H15N3O2/c1-2-24-19(23)17-15-10-6-7-11-22(15)18(21)14(12-20)16(17)13-8-4-3-5-9-13/h3-11,21H,2H2,1H3. The van der Waals surface area contributed by atoms with Crippen LogP contribution in [0.3, 0.4) is 0 Å². The second-order valence-electron chi connectivity index (χ2n) is 5.13. The van der Waals surface area contributed by atoms with E-state index in [4.69, 9.17) is 10.1 Å². The maximum absolute atomic E-state index is 12.6. The minimum Gasteiger partial charge on any atom is -0.462 e. The number of pyridine rings is 2. The Kier molecular flexibility index (Phi) is 4.13. The predicted octanol–water partition coefficient (Wildman–Crippen LogP) is 3.13.